The number of carbonyl (C=O) groups excluding carboxylic acids is 1. The molecule has 0 bridgehead atoms. The van der Waals surface area contributed by atoms with Gasteiger partial charge in [0.2, 0.25) is 0 Å². The van der Waals surface area contributed by atoms with Crippen molar-refractivity contribution in [2.45, 2.75) is 19.9 Å². The van der Waals surface area contributed by atoms with Crippen molar-refractivity contribution in [2.24, 2.45) is 7.05 Å². The number of rotatable bonds is 7. The second-order valence-electron chi connectivity index (χ2n) is 5.63. The third kappa shape index (κ3) is 4.62. The van der Waals surface area contributed by atoms with Gasteiger partial charge in [-0.05, 0) is 47.2 Å². The van der Waals surface area contributed by atoms with Crippen molar-refractivity contribution in [3.8, 4) is 0 Å². The molecule has 0 fully saturated rings. The molecule has 1 amide bonds. The lowest BCUT2D eigenvalue weighted by atomic mass is 10.0. The summed E-state index contributed by atoms with van der Waals surface area (Å²) in [5.41, 5.74) is 0.679. The highest BCUT2D eigenvalue weighted by molar-refractivity contribution is 14.1. The summed E-state index contributed by atoms with van der Waals surface area (Å²) in [4.78, 5) is 42.4. The average molecular weight is 491 g/mol. The second kappa shape index (κ2) is 9.24. The predicted molar refractivity (Wildman–Crippen MR) is 104 cm³/mol. The molecule has 0 aliphatic carbocycles. The minimum Gasteiger partial charge on any atom is -0.394 e. The summed E-state index contributed by atoms with van der Waals surface area (Å²) >= 11 is 1.97. The average Bonchev–Trinajstić information content (AvgIpc) is 2.62. The first-order valence-corrected chi connectivity index (χ1v) is 9.19. The van der Waals surface area contributed by atoms with E-state index in [1.54, 1.807) is 13.0 Å². The van der Waals surface area contributed by atoms with Gasteiger partial charge in [-0.2, -0.15) is 0 Å². The van der Waals surface area contributed by atoms with Gasteiger partial charge >= 0.3 is 5.69 Å². The van der Waals surface area contributed by atoms with Gasteiger partial charge in [0.15, 0.2) is 0 Å². The van der Waals surface area contributed by atoms with Crippen LogP contribution in [0, 0.1) is 9.39 Å². The van der Waals surface area contributed by atoms with Crippen LogP contribution in [0.2, 0.25) is 0 Å². The second-order valence-corrected chi connectivity index (χ2v) is 6.87. The van der Waals surface area contributed by atoms with Crippen molar-refractivity contribution in [2.75, 3.05) is 13.2 Å². The Kier molecular flexibility index (Phi) is 7.27. The maximum atomic E-state index is 14.3. The largest absolute Gasteiger partial charge is 0.394 e. The number of hydrogen-bond donors (Lipinski definition) is 2. The highest BCUT2D eigenvalue weighted by Gasteiger charge is 2.23. The molecule has 1 aromatic carbocycles. The van der Waals surface area contributed by atoms with Crippen molar-refractivity contribution >= 4 is 28.5 Å². The quantitative estimate of drug-likeness (QED) is 0.335. The van der Waals surface area contributed by atoms with Gasteiger partial charge in [-0.3, -0.25) is 23.6 Å². The number of hydrogen-bond acceptors (Lipinski definition) is 5. The van der Waals surface area contributed by atoms with Crippen molar-refractivity contribution in [1.82, 2.24) is 14.6 Å². The van der Waals surface area contributed by atoms with Gasteiger partial charge in [0.05, 0.1) is 13.2 Å². The molecule has 0 aliphatic rings. The third-order valence-electron chi connectivity index (χ3n) is 3.94. The molecule has 2 N–H and O–H groups in total. The van der Waals surface area contributed by atoms with Gasteiger partial charge in [-0.25, -0.2) is 14.7 Å². The number of aromatic nitrogens is 2. The Morgan fingerprint density at radius 2 is 2.07 bits per heavy atom. The Morgan fingerprint density at radius 1 is 1.37 bits per heavy atom. The summed E-state index contributed by atoms with van der Waals surface area (Å²) < 4.78 is 17.0. The fourth-order valence-corrected chi connectivity index (χ4v) is 3.04. The van der Waals surface area contributed by atoms with E-state index in [1.165, 1.54) is 19.2 Å². The molecule has 10 heteroatoms. The van der Waals surface area contributed by atoms with E-state index in [0.717, 1.165) is 9.13 Å². The van der Waals surface area contributed by atoms with Gasteiger partial charge in [-0.15, -0.1) is 0 Å². The highest BCUT2D eigenvalue weighted by Crippen LogP contribution is 2.17. The Bertz CT molecular complexity index is 970. The van der Waals surface area contributed by atoms with Crippen molar-refractivity contribution in [3.63, 3.8) is 0 Å². The van der Waals surface area contributed by atoms with E-state index >= 15 is 0 Å². The van der Waals surface area contributed by atoms with Crippen LogP contribution >= 0.6 is 22.6 Å². The summed E-state index contributed by atoms with van der Waals surface area (Å²) in [5.74, 6) is -1.37. The molecule has 0 saturated heterocycles. The van der Waals surface area contributed by atoms with E-state index in [0.29, 0.717) is 3.57 Å². The van der Waals surface area contributed by atoms with Gasteiger partial charge < -0.3 is 5.11 Å². The first-order chi connectivity index (χ1) is 12.8. The van der Waals surface area contributed by atoms with Crippen LogP contribution in [0.3, 0.4) is 0 Å². The number of aliphatic hydroxyl groups is 1. The molecule has 2 rings (SSSR count). The number of carbonyl (C=O) groups is 1. The molecule has 1 aromatic heterocycles. The lowest BCUT2D eigenvalue weighted by Gasteiger charge is -2.16. The van der Waals surface area contributed by atoms with Crippen molar-refractivity contribution in [1.29, 1.82) is 0 Å². The summed E-state index contributed by atoms with van der Waals surface area (Å²) in [6.45, 7) is 1.18. The molecule has 1 heterocycles. The number of nitrogens with one attached hydrogen (secondary N) is 1. The van der Waals surface area contributed by atoms with Crippen molar-refractivity contribution < 1.29 is 19.1 Å². The Labute approximate surface area is 167 Å². The number of hydroxylamine groups is 1. The third-order valence-corrected chi connectivity index (χ3v) is 4.62. The monoisotopic (exact) mass is 491 g/mol. The summed E-state index contributed by atoms with van der Waals surface area (Å²) in [6, 6.07) is 4.55. The first-order valence-electron chi connectivity index (χ1n) is 8.11. The van der Waals surface area contributed by atoms with Crippen LogP contribution < -0.4 is 16.7 Å². The SMILES string of the molecule is CCn1c(=O)c(C(=O)NOCCO)c(Cc2ccc(I)cc2F)n(C)c1=O. The number of aliphatic hydroxyl groups excluding tert-OH is 1. The first kappa shape index (κ1) is 21.3. The van der Waals surface area contributed by atoms with Crippen LogP contribution in [0.25, 0.3) is 0 Å². The highest BCUT2D eigenvalue weighted by atomic mass is 127. The normalized spacial score (nSPS) is 10.9. The van der Waals surface area contributed by atoms with E-state index in [1.807, 2.05) is 22.6 Å². The van der Waals surface area contributed by atoms with Gasteiger partial charge in [0.25, 0.3) is 11.5 Å². The van der Waals surface area contributed by atoms with E-state index in [-0.39, 0.29) is 43.0 Å². The number of amides is 1. The molecular formula is C17H19FIN3O5. The Balaban J connectivity index is 2.61. The van der Waals surface area contributed by atoms with Gasteiger partial charge in [0.1, 0.15) is 11.4 Å². The molecular weight excluding hydrogens is 472 g/mol. The maximum Gasteiger partial charge on any atom is 0.330 e. The van der Waals surface area contributed by atoms with E-state index < -0.39 is 23.0 Å². The van der Waals surface area contributed by atoms with Crippen LogP contribution in [0.5, 0.6) is 0 Å². The van der Waals surface area contributed by atoms with Crippen LogP contribution in [0.15, 0.2) is 27.8 Å². The minimum atomic E-state index is -0.868. The summed E-state index contributed by atoms with van der Waals surface area (Å²) in [6.07, 6.45) is -0.128. The Hall–Kier alpha value is -2.05. The topological polar surface area (TPSA) is 103 Å². The molecule has 8 nitrogen and oxygen atoms in total. The van der Waals surface area contributed by atoms with Crippen LogP contribution in [0.1, 0.15) is 28.5 Å². The molecule has 0 radical (unpaired) electrons. The van der Waals surface area contributed by atoms with Gasteiger partial charge in [0, 0.05) is 29.3 Å². The number of benzene rings is 1. The maximum absolute atomic E-state index is 14.3. The summed E-state index contributed by atoms with van der Waals surface area (Å²) in [5, 5.41) is 8.74. The van der Waals surface area contributed by atoms with E-state index in [9.17, 15) is 18.8 Å². The Morgan fingerprint density at radius 3 is 2.67 bits per heavy atom. The molecule has 0 atom stereocenters. The zero-order chi connectivity index (χ0) is 20.1. The van der Waals surface area contributed by atoms with E-state index in [2.05, 4.69) is 5.48 Å². The predicted octanol–water partition coefficient (Wildman–Crippen LogP) is 0.555. The summed E-state index contributed by atoms with van der Waals surface area (Å²) in [7, 11) is 1.42. The van der Waals surface area contributed by atoms with Gasteiger partial charge in [-0.1, -0.05) is 6.07 Å². The lowest BCUT2D eigenvalue weighted by molar-refractivity contribution is 0.0165. The number of nitrogens with zero attached hydrogens (tertiary/aromatic N) is 2. The molecule has 0 saturated carbocycles. The standard InChI is InChI=1S/C17H19FIN3O5/c1-3-22-16(25)14(15(24)20-27-7-6-23)13(21(2)17(22)26)8-10-4-5-11(19)9-12(10)18/h4-5,9,23H,3,6-8H2,1-2H3,(H,20,24). The molecule has 146 valence electrons. The smallest absolute Gasteiger partial charge is 0.330 e. The zero-order valence-corrected chi connectivity index (χ0v) is 16.9. The fourth-order valence-electron chi connectivity index (χ4n) is 2.58. The zero-order valence-electron chi connectivity index (χ0n) is 14.8. The molecule has 2 aromatic rings. The van der Waals surface area contributed by atoms with E-state index in [4.69, 9.17) is 9.94 Å². The number of halogens is 2. The molecule has 0 aliphatic heterocycles. The molecule has 0 spiro atoms. The molecule has 27 heavy (non-hydrogen) atoms. The molecule has 0 unspecified atom stereocenters. The van der Waals surface area contributed by atoms with Crippen LogP contribution in [-0.2, 0) is 24.9 Å². The fraction of sp³-hybridized carbons (Fsp3) is 0.353. The minimum absolute atomic E-state index is 0.0694. The lowest BCUT2D eigenvalue weighted by Crippen LogP contribution is -2.45. The van der Waals surface area contributed by atoms with Crippen LogP contribution in [0.4, 0.5) is 4.39 Å². The van der Waals surface area contributed by atoms with Crippen molar-refractivity contribution in [3.05, 3.63) is 65.2 Å². The van der Waals surface area contributed by atoms with Crippen LogP contribution in [-0.4, -0.2) is 33.4 Å².